The Morgan fingerprint density at radius 2 is 1.61 bits per heavy atom. The Kier molecular flexibility index (Phi) is 11.1. The van der Waals surface area contributed by atoms with Crippen LogP contribution < -0.4 is 0 Å². The van der Waals surface area contributed by atoms with Crippen LogP contribution in [0.15, 0.2) is 18.2 Å². The van der Waals surface area contributed by atoms with E-state index in [0.717, 1.165) is 12.5 Å². The second-order valence-corrected chi connectivity index (χ2v) is 7.32. The summed E-state index contributed by atoms with van der Waals surface area (Å²) in [5, 5.41) is 0. The van der Waals surface area contributed by atoms with Gasteiger partial charge < -0.3 is 0 Å². The van der Waals surface area contributed by atoms with Crippen LogP contribution in [0.3, 0.4) is 0 Å². The third-order valence-corrected chi connectivity index (χ3v) is 4.59. The minimum absolute atomic E-state index is 0.775. The summed E-state index contributed by atoms with van der Waals surface area (Å²) in [7, 11) is 0. The molecule has 0 saturated heterocycles. The second kappa shape index (κ2) is 12.6. The fourth-order valence-corrected chi connectivity index (χ4v) is 3.01. The molecule has 0 amide bonds. The molecular weight excluding hydrogens is 278 g/mol. The third-order valence-electron chi connectivity index (χ3n) is 4.59. The molecule has 1 aromatic carbocycles. The fourth-order valence-electron chi connectivity index (χ4n) is 3.01. The minimum atomic E-state index is 0.775. The highest BCUT2D eigenvalue weighted by molar-refractivity contribution is 5.26. The van der Waals surface area contributed by atoms with E-state index in [2.05, 4.69) is 56.9 Å². The molecule has 1 nitrogen and oxygen atoms in total. The Bertz CT molecular complexity index is 387. The van der Waals surface area contributed by atoms with Gasteiger partial charge in [-0.25, -0.2) is 0 Å². The number of aryl methyl sites for hydroxylation is 1. The van der Waals surface area contributed by atoms with Crippen molar-refractivity contribution in [2.75, 3.05) is 13.1 Å². The Morgan fingerprint density at radius 3 is 2.17 bits per heavy atom. The van der Waals surface area contributed by atoms with Crippen molar-refractivity contribution < 1.29 is 0 Å². The van der Waals surface area contributed by atoms with E-state index < -0.39 is 0 Å². The third kappa shape index (κ3) is 9.15. The van der Waals surface area contributed by atoms with E-state index in [4.69, 9.17) is 0 Å². The minimum Gasteiger partial charge on any atom is -0.299 e. The van der Waals surface area contributed by atoms with Crippen molar-refractivity contribution in [3.05, 3.63) is 35.4 Å². The highest BCUT2D eigenvalue weighted by Crippen LogP contribution is 2.17. The lowest BCUT2D eigenvalue weighted by molar-refractivity contribution is 0.253. The smallest absolute Gasteiger partial charge is 0.0236 e. The van der Waals surface area contributed by atoms with Gasteiger partial charge in [-0.15, -0.1) is 0 Å². The van der Waals surface area contributed by atoms with Crippen molar-refractivity contribution in [1.82, 2.24) is 4.90 Å². The van der Waals surface area contributed by atoms with Crippen LogP contribution in [0.2, 0.25) is 0 Å². The molecular formula is C22H38N. The first kappa shape index (κ1) is 20.2. The van der Waals surface area contributed by atoms with Crippen LogP contribution in [-0.4, -0.2) is 18.0 Å². The van der Waals surface area contributed by atoms with Gasteiger partial charge in [0.2, 0.25) is 0 Å². The molecule has 1 rings (SSSR count). The summed E-state index contributed by atoms with van der Waals surface area (Å²) in [6.07, 6.45) is 10.5. The number of hydrogen-bond acceptors (Lipinski definition) is 1. The molecule has 1 heteroatoms. The topological polar surface area (TPSA) is 3.24 Å². The molecule has 0 saturated carbocycles. The Hall–Kier alpha value is -0.820. The Labute approximate surface area is 145 Å². The average Bonchev–Trinajstić information content (AvgIpc) is 2.54. The van der Waals surface area contributed by atoms with E-state index in [9.17, 15) is 0 Å². The summed E-state index contributed by atoms with van der Waals surface area (Å²) in [5.41, 5.74) is 3.04. The second-order valence-electron chi connectivity index (χ2n) is 7.32. The van der Waals surface area contributed by atoms with E-state index in [1.54, 1.807) is 0 Å². The van der Waals surface area contributed by atoms with Gasteiger partial charge in [-0.1, -0.05) is 65.5 Å². The van der Waals surface area contributed by atoms with Gasteiger partial charge in [-0.3, -0.25) is 4.90 Å². The van der Waals surface area contributed by atoms with Gasteiger partial charge in [0.15, 0.2) is 0 Å². The highest BCUT2D eigenvalue weighted by Gasteiger charge is 2.09. The SMILES string of the molecule is CCCCCN(CCCCC)Cc1c[c]ccc1CCC(C)C. The summed E-state index contributed by atoms with van der Waals surface area (Å²) < 4.78 is 0. The largest absolute Gasteiger partial charge is 0.299 e. The van der Waals surface area contributed by atoms with Crippen LogP contribution in [0, 0.1) is 12.0 Å². The molecule has 0 heterocycles. The van der Waals surface area contributed by atoms with Crippen LogP contribution in [0.25, 0.3) is 0 Å². The molecule has 1 aromatic rings. The zero-order valence-corrected chi connectivity index (χ0v) is 16.0. The van der Waals surface area contributed by atoms with E-state index >= 15 is 0 Å². The van der Waals surface area contributed by atoms with Gasteiger partial charge in [-0.2, -0.15) is 0 Å². The molecule has 1 radical (unpaired) electrons. The molecule has 0 N–H and O–H groups in total. The first-order valence-electron chi connectivity index (χ1n) is 9.87. The van der Waals surface area contributed by atoms with Gasteiger partial charge in [0.05, 0.1) is 0 Å². The zero-order valence-electron chi connectivity index (χ0n) is 16.0. The van der Waals surface area contributed by atoms with Crippen molar-refractivity contribution in [2.24, 2.45) is 5.92 Å². The summed E-state index contributed by atoms with van der Waals surface area (Å²) >= 11 is 0. The van der Waals surface area contributed by atoms with Gasteiger partial charge >= 0.3 is 0 Å². The van der Waals surface area contributed by atoms with Crippen LogP contribution >= 0.6 is 0 Å². The fraction of sp³-hybridized carbons (Fsp3) is 0.727. The molecule has 0 spiro atoms. The number of nitrogens with zero attached hydrogens (tertiary/aromatic N) is 1. The standard InChI is InChI=1S/C22H38N/c1-5-7-11-17-23(18-12-8-6-2)19-22-14-10-9-13-21(22)16-15-20(3)4/h9,13-14,20H,5-8,11-12,15-19H2,1-4H3. The maximum Gasteiger partial charge on any atom is 0.0236 e. The highest BCUT2D eigenvalue weighted by atomic mass is 15.1. The molecule has 23 heavy (non-hydrogen) atoms. The average molecular weight is 317 g/mol. The van der Waals surface area contributed by atoms with Gasteiger partial charge in [0, 0.05) is 6.54 Å². The van der Waals surface area contributed by atoms with Crippen molar-refractivity contribution in [3.63, 3.8) is 0 Å². The predicted molar refractivity (Wildman–Crippen MR) is 103 cm³/mol. The first-order valence-corrected chi connectivity index (χ1v) is 9.87. The molecule has 0 bridgehead atoms. The molecule has 0 aliphatic heterocycles. The van der Waals surface area contributed by atoms with Crippen LogP contribution in [0.5, 0.6) is 0 Å². The lowest BCUT2D eigenvalue weighted by atomic mass is 9.98. The lowest BCUT2D eigenvalue weighted by Crippen LogP contribution is -2.26. The van der Waals surface area contributed by atoms with Crippen LogP contribution in [0.4, 0.5) is 0 Å². The van der Waals surface area contributed by atoms with Gasteiger partial charge in [0.1, 0.15) is 0 Å². The Morgan fingerprint density at radius 1 is 0.957 bits per heavy atom. The van der Waals surface area contributed by atoms with Gasteiger partial charge in [0.25, 0.3) is 0 Å². The summed E-state index contributed by atoms with van der Waals surface area (Å²) in [6.45, 7) is 12.8. The van der Waals surface area contributed by atoms with Crippen molar-refractivity contribution >= 4 is 0 Å². The van der Waals surface area contributed by atoms with E-state index in [1.807, 2.05) is 0 Å². The predicted octanol–water partition coefficient (Wildman–Crippen LogP) is 6.26. The number of benzene rings is 1. The number of unbranched alkanes of at least 4 members (excludes halogenated alkanes) is 4. The van der Waals surface area contributed by atoms with Crippen molar-refractivity contribution in [3.8, 4) is 0 Å². The zero-order chi connectivity index (χ0) is 16.9. The molecule has 0 unspecified atom stereocenters. The maximum absolute atomic E-state index is 3.30. The quantitative estimate of drug-likeness (QED) is 0.388. The van der Waals surface area contributed by atoms with Crippen molar-refractivity contribution in [2.45, 2.75) is 85.6 Å². The molecule has 0 aliphatic rings. The molecule has 0 aromatic heterocycles. The Balaban J connectivity index is 2.64. The van der Waals surface area contributed by atoms with E-state index in [-0.39, 0.29) is 0 Å². The van der Waals surface area contributed by atoms with Crippen LogP contribution in [-0.2, 0) is 13.0 Å². The molecule has 0 atom stereocenters. The monoisotopic (exact) mass is 316 g/mol. The molecule has 0 fully saturated rings. The lowest BCUT2D eigenvalue weighted by Gasteiger charge is -2.24. The summed E-state index contributed by atoms with van der Waals surface area (Å²) in [5.74, 6) is 0.775. The number of rotatable bonds is 13. The van der Waals surface area contributed by atoms with Gasteiger partial charge in [-0.05, 0) is 68.0 Å². The molecule has 0 aliphatic carbocycles. The maximum atomic E-state index is 3.30. The normalized spacial score (nSPS) is 11.6. The van der Waals surface area contributed by atoms with Crippen molar-refractivity contribution in [1.29, 1.82) is 0 Å². The van der Waals surface area contributed by atoms with E-state index in [1.165, 1.54) is 75.6 Å². The molecule has 131 valence electrons. The summed E-state index contributed by atoms with van der Waals surface area (Å²) in [4.78, 5) is 2.67. The van der Waals surface area contributed by atoms with E-state index in [0.29, 0.717) is 0 Å². The number of hydrogen-bond donors (Lipinski definition) is 0. The summed E-state index contributed by atoms with van der Waals surface area (Å²) in [6, 6.07) is 9.89. The first-order chi connectivity index (χ1) is 11.2. The van der Waals surface area contributed by atoms with Crippen LogP contribution in [0.1, 0.15) is 83.8 Å².